The van der Waals surface area contributed by atoms with Crippen LogP contribution in [0.5, 0.6) is 0 Å². The van der Waals surface area contributed by atoms with Crippen molar-refractivity contribution in [1.29, 1.82) is 0 Å². The van der Waals surface area contributed by atoms with Crippen molar-refractivity contribution in [2.24, 2.45) is 11.8 Å². The van der Waals surface area contributed by atoms with E-state index in [1.54, 1.807) is 0 Å². The molecule has 0 radical (unpaired) electrons. The predicted octanol–water partition coefficient (Wildman–Crippen LogP) is 5.64. The number of halogens is 1. The molecule has 3 aliphatic rings. The number of piperidine rings is 2. The largest absolute Gasteiger partial charge is 0.381 e. The Morgan fingerprint density at radius 1 is 1.00 bits per heavy atom. The van der Waals surface area contributed by atoms with Crippen molar-refractivity contribution >= 4 is 46.5 Å². The fourth-order valence-electron chi connectivity index (χ4n) is 5.97. The normalized spacial score (nSPS) is 22.2. The van der Waals surface area contributed by atoms with E-state index in [1.165, 1.54) is 31.2 Å². The van der Waals surface area contributed by atoms with E-state index in [9.17, 15) is 0 Å². The first-order valence-electron chi connectivity index (χ1n) is 14.2. The topological polar surface area (TPSA) is 65.5 Å². The summed E-state index contributed by atoms with van der Waals surface area (Å²) in [7, 11) is 0. The van der Waals surface area contributed by atoms with Gasteiger partial charge in [0.05, 0.1) is 0 Å². The smallest absolute Gasteiger partial charge is 0.232 e. The van der Waals surface area contributed by atoms with Crippen molar-refractivity contribution in [2.45, 2.75) is 57.8 Å². The number of nitrogens with one attached hydrogen (secondary N) is 2. The lowest BCUT2D eigenvalue weighted by molar-refractivity contribution is 0.0515. The first kappa shape index (κ1) is 27.4. The van der Waals surface area contributed by atoms with Crippen molar-refractivity contribution < 1.29 is 4.74 Å². The SMILES string of the molecule is CC1CCN(c2cc(N3CCC[C@H](C)C3)nc(NC(=S)NCC3(c4ccc(Cl)cc4)CCOCC3)n2)CC1. The van der Waals surface area contributed by atoms with Gasteiger partial charge in [-0.05, 0) is 80.3 Å². The molecule has 0 spiro atoms. The summed E-state index contributed by atoms with van der Waals surface area (Å²) in [5.74, 6) is 3.99. The summed E-state index contributed by atoms with van der Waals surface area (Å²) in [6.45, 7) is 11.0. The fraction of sp³-hybridized carbons (Fsp3) is 0.621. The number of rotatable bonds is 6. The number of benzene rings is 1. The third-order valence-corrected chi connectivity index (χ3v) is 9.01. The van der Waals surface area contributed by atoms with Gasteiger partial charge in [0.25, 0.3) is 0 Å². The minimum atomic E-state index is -0.0587. The molecule has 7 nitrogen and oxygen atoms in total. The van der Waals surface area contributed by atoms with Gasteiger partial charge in [0.15, 0.2) is 5.11 Å². The number of ether oxygens (including phenoxy) is 1. The second-order valence-electron chi connectivity index (χ2n) is 11.5. The highest BCUT2D eigenvalue weighted by Crippen LogP contribution is 2.35. The Kier molecular flexibility index (Phi) is 8.91. The molecule has 1 aromatic heterocycles. The average molecular weight is 557 g/mol. The summed E-state index contributed by atoms with van der Waals surface area (Å²) < 4.78 is 5.70. The van der Waals surface area contributed by atoms with Crippen molar-refractivity contribution in [3.8, 4) is 0 Å². The molecule has 2 aromatic rings. The highest BCUT2D eigenvalue weighted by atomic mass is 35.5. The highest BCUT2D eigenvalue weighted by Gasteiger charge is 2.34. The van der Waals surface area contributed by atoms with Gasteiger partial charge in [0.2, 0.25) is 5.95 Å². The molecule has 1 atom stereocenters. The van der Waals surface area contributed by atoms with Crippen LogP contribution in [0.4, 0.5) is 17.6 Å². The van der Waals surface area contributed by atoms with Crippen molar-refractivity contribution in [3.63, 3.8) is 0 Å². The van der Waals surface area contributed by atoms with Crippen LogP contribution in [0.15, 0.2) is 30.3 Å². The average Bonchev–Trinajstić information content (AvgIpc) is 2.93. The molecule has 5 rings (SSSR count). The molecular formula is C29H41ClN6OS. The number of anilines is 3. The van der Waals surface area contributed by atoms with Crippen LogP contribution in [-0.4, -0.2) is 61.0 Å². The van der Waals surface area contributed by atoms with Gasteiger partial charge in [-0.1, -0.05) is 37.6 Å². The van der Waals surface area contributed by atoms with Crippen molar-refractivity contribution in [2.75, 3.05) is 61.1 Å². The molecule has 1 aromatic carbocycles. The molecule has 0 saturated carbocycles. The monoisotopic (exact) mass is 556 g/mol. The minimum Gasteiger partial charge on any atom is -0.381 e. The van der Waals surface area contributed by atoms with Crippen molar-refractivity contribution in [3.05, 3.63) is 40.9 Å². The second-order valence-corrected chi connectivity index (χ2v) is 12.3. The zero-order valence-corrected chi connectivity index (χ0v) is 24.3. The Bertz CT molecular complexity index is 1080. The van der Waals surface area contributed by atoms with E-state index < -0.39 is 0 Å². The lowest BCUT2D eigenvalue weighted by Crippen LogP contribution is -2.45. The third-order valence-electron chi connectivity index (χ3n) is 8.51. The van der Waals surface area contributed by atoms with Crippen LogP contribution in [-0.2, 0) is 10.2 Å². The first-order valence-corrected chi connectivity index (χ1v) is 15.0. The van der Waals surface area contributed by atoms with Crippen LogP contribution in [0.1, 0.15) is 57.9 Å². The van der Waals surface area contributed by atoms with Crippen LogP contribution >= 0.6 is 23.8 Å². The number of thiocarbonyl (C=S) groups is 1. The van der Waals surface area contributed by atoms with E-state index in [0.717, 1.165) is 74.8 Å². The van der Waals surface area contributed by atoms with Gasteiger partial charge >= 0.3 is 0 Å². The number of hydrogen-bond donors (Lipinski definition) is 2. The predicted molar refractivity (Wildman–Crippen MR) is 161 cm³/mol. The van der Waals surface area contributed by atoms with Gasteiger partial charge in [-0.15, -0.1) is 0 Å². The van der Waals surface area contributed by atoms with Gasteiger partial charge in [0.1, 0.15) is 11.6 Å². The first-order chi connectivity index (χ1) is 18.4. The van der Waals surface area contributed by atoms with E-state index in [-0.39, 0.29) is 5.41 Å². The summed E-state index contributed by atoms with van der Waals surface area (Å²) in [6, 6.07) is 10.4. The molecule has 3 fully saturated rings. The molecular weight excluding hydrogens is 516 g/mol. The molecule has 206 valence electrons. The standard InChI is InChI=1S/C29H41ClN6OS/c1-21-9-14-35(15-10-21)25-18-26(36-13-3-4-22(2)19-36)33-27(32-25)34-28(38)31-20-29(11-16-37-17-12-29)23-5-7-24(30)8-6-23/h5-8,18,21-22H,3-4,9-17,19-20H2,1-2H3,(H2,31,32,33,34,38)/t22-/m0/s1. The lowest BCUT2D eigenvalue weighted by atomic mass is 9.74. The maximum Gasteiger partial charge on any atom is 0.232 e. The maximum absolute atomic E-state index is 6.17. The number of hydrogen-bond acceptors (Lipinski definition) is 6. The molecule has 3 aliphatic heterocycles. The molecule has 0 unspecified atom stereocenters. The molecule has 4 heterocycles. The lowest BCUT2D eigenvalue weighted by Gasteiger charge is -2.38. The maximum atomic E-state index is 6.17. The number of nitrogens with zero attached hydrogens (tertiary/aromatic N) is 4. The van der Waals surface area contributed by atoms with Crippen LogP contribution < -0.4 is 20.4 Å². The third kappa shape index (κ3) is 6.69. The van der Waals surface area contributed by atoms with E-state index in [2.05, 4.69) is 52.5 Å². The van der Waals surface area contributed by atoms with Crippen LogP contribution in [0.3, 0.4) is 0 Å². The van der Waals surface area contributed by atoms with Gasteiger partial charge in [-0.25, -0.2) is 0 Å². The molecule has 0 bridgehead atoms. The molecule has 2 N–H and O–H groups in total. The van der Waals surface area contributed by atoms with Gasteiger partial charge in [-0.2, -0.15) is 9.97 Å². The molecule has 3 saturated heterocycles. The molecule has 0 amide bonds. The Morgan fingerprint density at radius 3 is 2.37 bits per heavy atom. The Labute approximate surface area is 237 Å². The van der Waals surface area contributed by atoms with Crippen molar-refractivity contribution in [1.82, 2.24) is 15.3 Å². The summed E-state index contributed by atoms with van der Waals surface area (Å²) >= 11 is 12.0. The highest BCUT2D eigenvalue weighted by molar-refractivity contribution is 7.80. The van der Waals surface area contributed by atoms with Crippen LogP contribution in [0, 0.1) is 11.8 Å². The van der Waals surface area contributed by atoms with Crippen LogP contribution in [0.2, 0.25) is 5.02 Å². The molecule has 9 heteroatoms. The Hall–Kier alpha value is -2.16. The molecule has 38 heavy (non-hydrogen) atoms. The zero-order chi connectivity index (χ0) is 26.5. The van der Waals surface area contributed by atoms with E-state index >= 15 is 0 Å². The van der Waals surface area contributed by atoms with Crippen LogP contribution in [0.25, 0.3) is 0 Å². The summed E-state index contributed by atoms with van der Waals surface area (Å²) in [5, 5.41) is 8.12. The van der Waals surface area contributed by atoms with E-state index in [1.807, 2.05) is 12.1 Å². The molecule has 0 aliphatic carbocycles. The van der Waals surface area contributed by atoms with Gasteiger partial charge in [-0.3, -0.25) is 0 Å². The quantitative estimate of drug-likeness (QED) is 0.443. The summed E-state index contributed by atoms with van der Waals surface area (Å²) in [6.07, 6.45) is 6.72. The second kappa shape index (κ2) is 12.3. The Morgan fingerprint density at radius 2 is 1.68 bits per heavy atom. The number of aromatic nitrogens is 2. The summed E-state index contributed by atoms with van der Waals surface area (Å²) in [4.78, 5) is 14.7. The zero-order valence-electron chi connectivity index (χ0n) is 22.7. The van der Waals surface area contributed by atoms with Gasteiger partial charge in [0, 0.05) is 62.4 Å². The summed E-state index contributed by atoms with van der Waals surface area (Å²) in [5.41, 5.74) is 1.20. The van der Waals surface area contributed by atoms with Gasteiger partial charge < -0.3 is 25.2 Å². The van der Waals surface area contributed by atoms with E-state index in [0.29, 0.717) is 23.5 Å². The fourth-order valence-corrected chi connectivity index (χ4v) is 6.25. The minimum absolute atomic E-state index is 0.0587. The Balaban J connectivity index is 1.32. The van der Waals surface area contributed by atoms with E-state index in [4.69, 9.17) is 38.5 Å².